The second-order valence-electron chi connectivity index (χ2n) is 4.21. The van der Waals surface area contributed by atoms with Gasteiger partial charge >= 0.3 is 0 Å². The van der Waals surface area contributed by atoms with Gasteiger partial charge in [-0.25, -0.2) is 0 Å². The lowest BCUT2D eigenvalue weighted by Crippen LogP contribution is -2.33. The highest BCUT2D eigenvalue weighted by Gasteiger charge is 2.19. The highest BCUT2D eigenvalue weighted by molar-refractivity contribution is 7.99. The summed E-state index contributed by atoms with van der Waals surface area (Å²) in [4.78, 5) is 18.5. The van der Waals surface area contributed by atoms with Gasteiger partial charge in [0.25, 0.3) is 5.91 Å². The Hall–Kier alpha value is -1.23. The van der Waals surface area contributed by atoms with Crippen LogP contribution < -0.4 is 5.32 Å². The number of amides is 1. The molecule has 5 heteroatoms. The first kappa shape index (κ1) is 13.2. The molecule has 2 rings (SSSR count). The SMILES string of the molecule is CCNc1ccncc1C(=O)N1CCCSCC1. The number of carbonyl (C=O) groups is 1. The van der Waals surface area contributed by atoms with Gasteiger partial charge in [-0.1, -0.05) is 0 Å². The molecule has 1 fully saturated rings. The number of aromatic nitrogens is 1. The zero-order chi connectivity index (χ0) is 12.8. The van der Waals surface area contributed by atoms with Crippen LogP contribution in [-0.2, 0) is 0 Å². The summed E-state index contributed by atoms with van der Waals surface area (Å²) in [6.45, 7) is 4.52. The number of nitrogens with zero attached hydrogens (tertiary/aromatic N) is 2. The molecule has 1 aromatic rings. The monoisotopic (exact) mass is 265 g/mol. The Kier molecular flexibility index (Phi) is 4.87. The third-order valence-electron chi connectivity index (χ3n) is 2.93. The molecule has 98 valence electrons. The van der Waals surface area contributed by atoms with E-state index in [0.29, 0.717) is 5.56 Å². The minimum atomic E-state index is 0.0987. The van der Waals surface area contributed by atoms with Crippen molar-refractivity contribution in [2.75, 3.05) is 36.5 Å². The van der Waals surface area contributed by atoms with Gasteiger partial charge in [-0.3, -0.25) is 9.78 Å². The van der Waals surface area contributed by atoms with E-state index in [1.54, 1.807) is 12.4 Å². The number of thioether (sulfide) groups is 1. The molecule has 0 unspecified atom stereocenters. The molecule has 0 spiro atoms. The molecule has 1 amide bonds. The lowest BCUT2D eigenvalue weighted by molar-refractivity contribution is 0.0769. The second kappa shape index (κ2) is 6.64. The van der Waals surface area contributed by atoms with Crippen LogP contribution >= 0.6 is 11.8 Å². The van der Waals surface area contributed by atoms with Crippen molar-refractivity contribution in [3.8, 4) is 0 Å². The third-order valence-corrected chi connectivity index (χ3v) is 3.98. The molecule has 0 aliphatic carbocycles. The first-order valence-electron chi connectivity index (χ1n) is 6.38. The quantitative estimate of drug-likeness (QED) is 0.909. The first-order valence-corrected chi connectivity index (χ1v) is 7.53. The van der Waals surface area contributed by atoms with Crippen LogP contribution in [0.4, 0.5) is 5.69 Å². The van der Waals surface area contributed by atoms with E-state index in [4.69, 9.17) is 0 Å². The van der Waals surface area contributed by atoms with E-state index in [-0.39, 0.29) is 5.91 Å². The summed E-state index contributed by atoms with van der Waals surface area (Å²) in [6, 6.07) is 1.86. The second-order valence-corrected chi connectivity index (χ2v) is 5.43. The molecule has 0 aromatic carbocycles. The van der Waals surface area contributed by atoms with Crippen molar-refractivity contribution in [3.05, 3.63) is 24.0 Å². The van der Waals surface area contributed by atoms with Crippen molar-refractivity contribution < 1.29 is 4.79 Å². The van der Waals surface area contributed by atoms with Crippen LogP contribution in [0.1, 0.15) is 23.7 Å². The standard InChI is InChI=1S/C13H19N3OS/c1-2-15-12-4-5-14-10-11(12)13(17)16-6-3-8-18-9-7-16/h4-5,10H,2-3,6-9H2,1H3,(H,14,15). The van der Waals surface area contributed by atoms with E-state index in [0.717, 1.165) is 43.2 Å². The van der Waals surface area contributed by atoms with Crippen LogP contribution in [0.3, 0.4) is 0 Å². The van der Waals surface area contributed by atoms with Crippen LogP contribution in [0, 0.1) is 0 Å². The maximum absolute atomic E-state index is 12.5. The third kappa shape index (κ3) is 3.16. The highest BCUT2D eigenvalue weighted by atomic mass is 32.2. The summed E-state index contributed by atoms with van der Waals surface area (Å²) < 4.78 is 0. The maximum atomic E-state index is 12.5. The fourth-order valence-corrected chi connectivity index (χ4v) is 2.92. The Bertz CT molecular complexity index is 403. The molecular formula is C13H19N3OS. The fourth-order valence-electron chi connectivity index (χ4n) is 2.03. The largest absolute Gasteiger partial charge is 0.385 e. The minimum Gasteiger partial charge on any atom is -0.385 e. The van der Waals surface area contributed by atoms with Gasteiger partial charge in [0.15, 0.2) is 0 Å². The van der Waals surface area contributed by atoms with Crippen molar-refractivity contribution in [1.82, 2.24) is 9.88 Å². The number of rotatable bonds is 3. The van der Waals surface area contributed by atoms with Crippen LogP contribution in [0.2, 0.25) is 0 Å². The number of pyridine rings is 1. The van der Waals surface area contributed by atoms with E-state index in [1.807, 2.05) is 29.7 Å². The number of carbonyl (C=O) groups excluding carboxylic acids is 1. The lowest BCUT2D eigenvalue weighted by Gasteiger charge is -2.21. The van der Waals surface area contributed by atoms with Crippen LogP contribution in [0.15, 0.2) is 18.5 Å². The number of anilines is 1. The molecule has 1 aromatic heterocycles. The van der Waals surface area contributed by atoms with Gasteiger partial charge in [0, 0.05) is 37.8 Å². The van der Waals surface area contributed by atoms with Crippen LogP contribution in [0.5, 0.6) is 0 Å². The summed E-state index contributed by atoms with van der Waals surface area (Å²) in [5.41, 5.74) is 1.57. The molecule has 0 bridgehead atoms. The van der Waals surface area contributed by atoms with E-state index in [2.05, 4.69) is 10.3 Å². The predicted octanol–water partition coefficient (Wildman–Crippen LogP) is 2.09. The Morgan fingerprint density at radius 1 is 1.50 bits per heavy atom. The minimum absolute atomic E-state index is 0.0987. The molecule has 1 aliphatic rings. The summed E-state index contributed by atoms with van der Waals surface area (Å²) in [5.74, 6) is 2.28. The van der Waals surface area contributed by atoms with E-state index in [1.165, 1.54) is 0 Å². The van der Waals surface area contributed by atoms with Crippen molar-refractivity contribution in [1.29, 1.82) is 0 Å². The van der Waals surface area contributed by atoms with E-state index in [9.17, 15) is 4.79 Å². The normalized spacial score (nSPS) is 16.2. The van der Waals surface area contributed by atoms with Gasteiger partial charge in [0.1, 0.15) is 0 Å². The molecular weight excluding hydrogens is 246 g/mol. The average Bonchev–Trinajstić information content (AvgIpc) is 2.68. The summed E-state index contributed by atoms with van der Waals surface area (Å²) in [5, 5.41) is 3.22. The summed E-state index contributed by atoms with van der Waals surface area (Å²) in [7, 11) is 0. The van der Waals surface area contributed by atoms with Gasteiger partial charge in [0.05, 0.1) is 11.3 Å². The average molecular weight is 265 g/mol. The molecule has 2 heterocycles. The lowest BCUT2D eigenvalue weighted by atomic mass is 10.2. The number of hydrogen-bond donors (Lipinski definition) is 1. The predicted molar refractivity (Wildman–Crippen MR) is 76.2 cm³/mol. The molecule has 0 saturated carbocycles. The summed E-state index contributed by atoms with van der Waals surface area (Å²) in [6.07, 6.45) is 4.46. The zero-order valence-corrected chi connectivity index (χ0v) is 11.5. The fraction of sp³-hybridized carbons (Fsp3) is 0.538. The van der Waals surface area contributed by atoms with Gasteiger partial charge in [-0.15, -0.1) is 0 Å². The van der Waals surface area contributed by atoms with Gasteiger partial charge in [0.2, 0.25) is 0 Å². The Balaban J connectivity index is 2.16. The van der Waals surface area contributed by atoms with Crippen LogP contribution in [-0.4, -0.2) is 46.9 Å². The van der Waals surface area contributed by atoms with Crippen molar-refractivity contribution in [2.24, 2.45) is 0 Å². The Morgan fingerprint density at radius 3 is 3.22 bits per heavy atom. The molecule has 18 heavy (non-hydrogen) atoms. The van der Waals surface area contributed by atoms with Crippen molar-refractivity contribution in [3.63, 3.8) is 0 Å². The first-order chi connectivity index (χ1) is 8.83. The van der Waals surface area contributed by atoms with Crippen molar-refractivity contribution >= 4 is 23.4 Å². The van der Waals surface area contributed by atoms with Gasteiger partial charge in [-0.05, 0) is 25.2 Å². The molecule has 1 N–H and O–H groups in total. The van der Waals surface area contributed by atoms with Gasteiger partial charge < -0.3 is 10.2 Å². The number of nitrogens with one attached hydrogen (secondary N) is 1. The van der Waals surface area contributed by atoms with E-state index >= 15 is 0 Å². The smallest absolute Gasteiger partial charge is 0.257 e. The summed E-state index contributed by atoms with van der Waals surface area (Å²) >= 11 is 1.92. The molecule has 0 radical (unpaired) electrons. The Morgan fingerprint density at radius 2 is 2.39 bits per heavy atom. The topological polar surface area (TPSA) is 45.2 Å². The molecule has 1 aliphatic heterocycles. The number of hydrogen-bond acceptors (Lipinski definition) is 4. The molecule has 0 atom stereocenters. The van der Waals surface area contributed by atoms with E-state index < -0.39 is 0 Å². The molecule has 4 nitrogen and oxygen atoms in total. The maximum Gasteiger partial charge on any atom is 0.257 e. The molecule has 1 saturated heterocycles. The Labute approximate surface area is 112 Å². The highest BCUT2D eigenvalue weighted by Crippen LogP contribution is 2.18. The van der Waals surface area contributed by atoms with Gasteiger partial charge in [-0.2, -0.15) is 11.8 Å². The zero-order valence-electron chi connectivity index (χ0n) is 10.7. The van der Waals surface area contributed by atoms with Crippen LogP contribution in [0.25, 0.3) is 0 Å². The van der Waals surface area contributed by atoms with Crippen molar-refractivity contribution in [2.45, 2.75) is 13.3 Å².